The summed E-state index contributed by atoms with van der Waals surface area (Å²) in [5.41, 5.74) is 6.65. The summed E-state index contributed by atoms with van der Waals surface area (Å²) in [6.07, 6.45) is 2.43. The second kappa shape index (κ2) is 4.45. The van der Waals surface area contributed by atoms with Gasteiger partial charge < -0.3 is 5.73 Å². The molecule has 4 heteroatoms. The Bertz CT molecular complexity index is 559. The van der Waals surface area contributed by atoms with Gasteiger partial charge in [-0.2, -0.15) is 0 Å². The maximum absolute atomic E-state index is 6.16. The molecule has 17 heavy (non-hydrogen) atoms. The molecule has 0 aliphatic heterocycles. The number of benzene rings is 1. The predicted octanol–water partition coefficient (Wildman–Crippen LogP) is 3.82. The Morgan fingerprint density at radius 3 is 2.59 bits per heavy atom. The van der Waals surface area contributed by atoms with Gasteiger partial charge in [-0.15, -0.1) is 0 Å². The molecule has 1 heterocycles. The number of aromatic nitrogens is 1. The number of hydrogen-bond donors (Lipinski definition) is 1. The first-order valence-corrected chi connectivity index (χ1v) is 6.14. The van der Waals surface area contributed by atoms with Crippen molar-refractivity contribution < 1.29 is 0 Å². The normalized spacial score (nSPS) is 12.1. The van der Waals surface area contributed by atoms with E-state index in [-0.39, 0.29) is 5.54 Å². The lowest BCUT2D eigenvalue weighted by Crippen LogP contribution is -2.34. The lowest BCUT2D eigenvalue weighted by atomic mass is 9.96. The monoisotopic (exact) mass is 268 g/mol. The second-order valence-electron chi connectivity index (χ2n) is 4.91. The fourth-order valence-corrected chi connectivity index (χ4v) is 2.39. The summed E-state index contributed by atoms with van der Waals surface area (Å²) in [6, 6.07) is 5.51. The Balaban J connectivity index is 2.64. The summed E-state index contributed by atoms with van der Waals surface area (Å²) in [5, 5.41) is 3.20. The molecule has 1 aromatic carbocycles. The van der Waals surface area contributed by atoms with Crippen LogP contribution in [0.1, 0.15) is 19.5 Å². The molecule has 2 N–H and O–H groups in total. The van der Waals surface area contributed by atoms with Crippen LogP contribution in [0.25, 0.3) is 10.8 Å². The fourth-order valence-electron chi connectivity index (χ4n) is 1.84. The zero-order chi connectivity index (χ0) is 12.6. The smallest absolute Gasteiger partial charge is 0.0500 e. The van der Waals surface area contributed by atoms with Crippen LogP contribution in [0, 0.1) is 0 Å². The molecule has 0 radical (unpaired) electrons. The molecule has 0 unspecified atom stereocenters. The van der Waals surface area contributed by atoms with Crippen LogP contribution in [0.2, 0.25) is 10.0 Å². The maximum atomic E-state index is 6.16. The van der Waals surface area contributed by atoms with Crippen molar-refractivity contribution in [3.05, 3.63) is 40.1 Å². The van der Waals surface area contributed by atoms with E-state index in [1.807, 2.05) is 26.0 Å². The first kappa shape index (κ1) is 12.6. The molecule has 0 spiro atoms. The van der Waals surface area contributed by atoms with Crippen LogP contribution in [0.15, 0.2) is 24.4 Å². The number of pyridine rings is 1. The average Bonchev–Trinajstić information content (AvgIpc) is 2.17. The van der Waals surface area contributed by atoms with Crippen LogP contribution in [0.5, 0.6) is 0 Å². The molecule has 1 aromatic heterocycles. The Kier molecular flexibility index (Phi) is 3.30. The van der Waals surface area contributed by atoms with E-state index < -0.39 is 0 Å². The third-order valence-corrected chi connectivity index (χ3v) is 3.03. The molecule has 0 aliphatic carbocycles. The highest BCUT2D eigenvalue weighted by molar-refractivity contribution is 6.38. The van der Waals surface area contributed by atoms with Crippen LogP contribution in [0.4, 0.5) is 0 Å². The molecule has 2 nitrogen and oxygen atoms in total. The molecule has 0 bridgehead atoms. The molecule has 2 aromatic rings. The fraction of sp³-hybridized carbons (Fsp3) is 0.308. The molecule has 0 saturated heterocycles. The SMILES string of the molecule is CC(C)(N)Cc1nccc2c(Cl)cc(Cl)cc12. The molecule has 0 atom stereocenters. The van der Waals surface area contributed by atoms with Crippen molar-refractivity contribution in [3.63, 3.8) is 0 Å². The van der Waals surface area contributed by atoms with Crippen LogP contribution in [0.3, 0.4) is 0 Å². The summed E-state index contributed by atoms with van der Waals surface area (Å²) in [7, 11) is 0. The number of fused-ring (bicyclic) bond motifs is 1. The minimum atomic E-state index is -0.309. The van der Waals surface area contributed by atoms with Gasteiger partial charge in [0.05, 0.1) is 5.69 Å². The van der Waals surface area contributed by atoms with Gasteiger partial charge in [-0.3, -0.25) is 4.98 Å². The van der Waals surface area contributed by atoms with Crippen LogP contribution in [-0.4, -0.2) is 10.5 Å². The highest BCUT2D eigenvalue weighted by Crippen LogP contribution is 2.30. The molecule has 0 saturated carbocycles. The van der Waals surface area contributed by atoms with Crippen LogP contribution >= 0.6 is 23.2 Å². The third kappa shape index (κ3) is 2.89. The molecular weight excluding hydrogens is 255 g/mol. The van der Waals surface area contributed by atoms with Gasteiger partial charge in [0.15, 0.2) is 0 Å². The van der Waals surface area contributed by atoms with E-state index >= 15 is 0 Å². The molecular formula is C13H14Cl2N2. The van der Waals surface area contributed by atoms with Crippen molar-refractivity contribution >= 4 is 34.0 Å². The van der Waals surface area contributed by atoms with Gasteiger partial charge in [0.1, 0.15) is 0 Å². The quantitative estimate of drug-likeness (QED) is 0.900. The molecule has 2 rings (SSSR count). The molecule has 0 amide bonds. The van der Waals surface area contributed by atoms with Gasteiger partial charge >= 0.3 is 0 Å². The molecule has 0 aliphatic rings. The minimum Gasteiger partial charge on any atom is -0.325 e. The summed E-state index contributed by atoms with van der Waals surface area (Å²) in [6.45, 7) is 3.94. The second-order valence-corrected chi connectivity index (χ2v) is 5.75. The molecule has 90 valence electrons. The number of nitrogens with zero attached hydrogens (tertiary/aromatic N) is 1. The largest absolute Gasteiger partial charge is 0.325 e. The van der Waals surface area contributed by atoms with E-state index in [0.29, 0.717) is 16.5 Å². The maximum Gasteiger partial charge on any atom is 0.0500 e. The third-order valence-electron chi connectivity index (χ3n) is 2.50. The first-order chi connectivity index (χ1) is 7.87. The van der Waals surface area contributed by atoms with E-state index in [4.69, 9.17) is 28.9 Å². The van der Waals surface area contributed by atoms with E-state index in [2.05, 4.69) is 4.98 Å². The van der Waals surface area contributed by atoms with Crippen molar-refractivity contribution in [1.29, 1.82) is 0 Å². The van der Waals surface area contributed by atoms with Crippen molar-refractivity contribution in [3.8, 4) is 0 Å². The van der Waals surface area contributed by atoms with Crippen molar-refractivity contribution in [1.82, 2.24) is 4.98 Å². The topological polar surface area (TPSA) is 38.9 Å². The molecule has 0 fully saturated rings. The van der Waals surface area contributed by atoms with Gasteiger partial charge in [-0.05, 0) is 32.0 Å². The van der Waals surface area contributed by atoms with E-state index in [9.17, 15) is 0 Å². The van der Waals surface area contributed by atoms with Gasteiger partial charge in [0.2, 0.25) is 0 Å². The van der Waals surface area contributed by atoms with Gasteiger partial charge in [0, 0.05) is 39.0 Å². The van der Waals surface area contributed by atoms with Gasteiger partial charge in [0.25, 0.3) is 0 Å². The average molecular weight is 269 g/mol. The number of halogens is 2. The Labute approximate surface area is 111 Å². The zero-order valence-corrected chi connectivity index (χ0v) is 11.3. The zero-order valence-electron chi connectivity index (χ0n) is 9.80. The van der Waals surface area contributed by atoms with Gasteiger partial charge in [-0.1, -0.05) is 23.2 Å². The minimum absolute atomic E-state index is 0.309. The first-order valence-electron chi connectivity index (χ1n) is 5.38. The van der Waals surface area contributed by atoms with E-state index in [0.717, 1.165) is 16.5 Å². The summed E-state index contributed by atoms with van der Waals surface area (Å²) in [4.78, 5) is 4.38. The summed E-state index contributed by atoms with van der Waals surface area (Å²) >= 11 is 12.2. The predicted molar refractivity (Wildman–Crippen MR) is 73.7 cm³/mol. The van der Waals surface area contributed by atoms with Crippen molar-refractivity contribution in [2.75, 3.05) is 0 Å². The van der Waals surface area contributed by atoms with E-state index in [1.165, 1.54) is 0 Å². The Morgan fingerprint density at radius 1 is 1.24 bits per heavy atom. The highest BCUT2D eigenvalue weighted by atomic mass is 35.5. The van der Waals surface area contributed by atoms with Gasteiger partial charge in [-0.25, -0.2) is 0 Å². The Morgan fingerprint density at radius 2 is 1.94 bits per heavy atom. The lowest BCUT2D eigenvalue weighted by Gasteiger charge is -2.19. The summed E-state index contributed by atoms with van der Waals surface area (Å²) in [5.74, 6) is 0. The number of hydrogen-bond acceptors (Lipinski definition) is 2. The number of rotatable bonds is 2. The highest BCUT2D eigenvalue weighted by Gasteiger charge is 2.15. The van der Waals surface area contributed by atoms with Crippen molar-refractivity contribution in [2.45, 2.75) is 25.8 Å². The van der Waals surface area contributed by atoms with Crippen LogP contribution < -0.4 is 5.73 Å². The standard InChI is InChI=1S/C13H14Cl2N2/c1-13(2,16)7-12-10-5-8(14)6-11(15)9(10)3-4-17-12/h3-6H,7,16H2,1-2H3. The van der Waals surface area contributed by atoms with E-state index in [1.54, 1.807) is 12.3 Å². The number of nitrogens with two attached hydrogens (primary N) is 1. The van der Waals surface area contributed by atoms with Crippen LogP contribution in [-0.2, 0) is 6.42 Å². The van der Waals surface area contributed by atoms with Crippen molar-refractivity contribution in [2.24, 2.45) is 5.73 Å². The summed E-state index contributed by atoms with van der Waals surface area (Å²) < 4.78 is 0. The lowest BCUT2D eigenvalue weighted by molar-refractivity contribution is 0.512. The Hall–Kier alpha value is -0.830.